The molecule has 2 heterocycles. The molecule has 1 atom stereocenters. The van der Waals surface area contributed by atoms with Crippen LogP contribution in [-0.2, 0) is 20.7 Å². The van der Waals surface area contributed by atoms with Crippen molar-refractivity contribution in [3.8, 4) is 0 Å². The van der Waals surface area contributed by atoms with Crippen molar-refractivity contribution in [2.45, 2.75) is 31.7 Å². The summed E-state index contributed by atoms with van der Waals surface area (Å²) in [5, 5.41) is 2.22. The van der Waals surface area contributed by atoms with Crippen LogP contribution in [0.2, 0.25) is 0 Å². The quantitative estimate of drug-likeness (QED) is 0.830. The molecule has 0 radical (unpaired) electrons. The molecular weight excluding hydrogens is 266 g/mol. The number of nitrogens with zero attached hydrogens (tertiary/aromatic N) is 2. The molecule has 1 unspecified atom stereocenters. The summed E-state index contributed by atoms with van der Waals surface area (Å²) >= 11 is 1.31. The molecular formula is C12H17N3O3S. The fourth-order valence-corrected chi connectivity index (χ4v) is 2.83. The third kappa shape index (κ3) is 3.23. The minimum atomic E-state index is -0.456. The van der Waals surface area contributed by atoms with Crippen molar-refractivity contribution in [1.29, 1.82) is 0 Å². The van der Waals surface area contributed by atoms with E-state index in [2.05, 4.69) is 4.98 Å². The van der Waals surface area contributed by atoms with E-state index in [0.29, 0.717) is 23.8 Å². The van der Waals surface area contributed by atoms with Crippen molar-refractivity contribution in [1.82, 2.24) is 9.88 Å². The monoisotopic (exact) mass is 283 g/mol. The van der Waals surface area contributed by atoms with E-state index in [0.717, 1.165) is 12.8 Å². The average molecular weight is 283 g/mol. The predicted octanol–water partition coefficient (Wildman–Crippen LogP) is 0.822. The molecule has 7 heteroatoms. The largest absolute Gasteiger partial charge is 0.467 e. The maximum Gasteiger partial charge on any atom is 0.328 e. The predicted molar refractivity (Wildman–Crippen MR) is 71.6 cm³/mol. The van der Waals surface area contributed by atoms with E-state index in [4.69, 9.17) is 10.5 Å². The second-order valence-corrected chi connectivity index (χ2v) is 5.37. The number of amides is 1. The van der Waals surface area contributed by atoms with Gasteiger partial charge in [-0.2, -0.15) is 0 Å². The number of rotatable bonds is 3. The van der Waals surface area contributed by atoms with Crippen LogP contribution in [0.1, 0.15) is 25.0 Å². The molecule has 0 aromatic carbocycles. The number of piperidine rings is 1. The molecule has 1 aliphatic rings. The zero-order valence-corrected chi connectivity index (χ0v) is 11.6. The highest BCUT2D eigenvalue weighted by atomic mass is 32.1. The van der Waals surface area contributed by atoms with Crippen LogP contribution in [0.3, 0.4) is 0 Å². The van der Waals surface area contributed by atoms with E-state index >= 15 is 0 Å². The first-order chi connectivity index (χ1) is 9.11. The normalized spacial score (nSPS) is 19.2. The molecule has 2 N–H and O–H groups in total. The maximum absolute atomic E-state index is 12.2. The summed E-state index contributed by atoms with van der Waals surface area (Å²) in [5.41, 5.74) is 6.19. The van der Waals surface area contributed by atoms with E-state index in [9.17, 15) is 9.59 Å². The number of carbonyl (C=O) groups is 2. The summed E-state index contributed by atoms with van der Waals surface area (Å²) in [6.45, 7) is 0.595. The maximum atomic E-state index is 12.2. The van der Waals surface area contributed by atoms with Crippen LogP contribution >= 0.6 is 11.3 Å². The highest BCUT2D eigenvalue weighted by Gasteiger charge is 2.32. The number of ether oxygens (including phenoxy) is 1. The third-order valence-corrected chi connectivity index (χ3v) is 3.92. The van der Waals surface area contributed by atoms with Gasteiger partial charge in [0.25, 0.3) is 0 Å². The highest BCUT2D eigenvalue weighted by Crippen LogP contribution is 2.20. The first-order valence-corrected chi connectivity index (χ1v) is 7.07. The Hall–Kier alpha value is -1.63. The Morgan fingerprint density at radius 3 is 3.00 bits per heavy atom. The van der Waals surface area contributed by atoms with Crippen molar-refractivity contribution >= 4 is 28.3 Å². The number of aromatic nitrogens is 1. The van der Waals surface area contributed by atoms with Gasteiger partial charge in [0.05, 0.1) is 19.2 Å². The number of hydrogen-bond acceptors (Lipinski definition) is 6. The molecule has 1 aromatic heterocycles. The number of anilines is 1. The molecule has 2 rings (SSSR count). The Kier molecular flexibility index (Phi) is 4.36. The number of methoxy groups -OCH3 is 1. The van der Waals surface area contributed by atoms with E-state index < -0.39 is 6.04 Å². The molecule has 1 saturated heterocycles. The standard InChI is InChI=1S/C12H17N3O3S/c1-18-11(17)9-4-2-3-5-15(9)10(16)6-8-7-19-12(13)14-8/h7,9H,2-6H2,1H3,(H2,13,14). The van der Waals surface area contributed by atoms with Crippen molar-refractivity contribution in [3.63, 3.8) is 0 Å². The van der Waals surface area contributed by atoms with Gasteiger partial charge in [0.2, 0.25) is 5.91 Å². The van der Waals surface area contributed by atoms with Gasteiger partial charge in [-0.3, -0.25) is 4.79 Å². The van der Waals surface area contributed by atoms with Gasteiger partial charge in [0, 0.05) is 11.9 Å². The Morgan fingerprint density at radius 2 is 2.37 bits per heavy atom. The summed E-state index contributed by atoms with van der Waals surface area (Å²) in [5.74, 6) is -0.439. The van der Waals surface area contributed by atoms with E-state index in [-0.39, 0.29) is 18.3 Å². The first kappa shape index (κ1) is 13.8. The lowest BCUT2D eigenvalue weighted by Crippen LogP contribution is -2.49. The molecule has 19 heavy (non-hydrogen) atoms. The number of esters is 1. The minimum Gasteiger partial charge on any atom is -0.467 e. The minimum absolute atomic E-state index is 0.0969. The van der Waals surface area contributed by atoms with Gasteiger partial charge in [0.1, 0.15) is 6.04 Å². The third-order valence-electron chi connectivity index (χ3n) is 3.20. The van der Waals surface area contributed by atoms with Gasteiger partial charge < -0.3 is 15.4 Å². The number of thiazole rings is 1. The fraction of sp³-hybridized carbons (Fsp3) is 0.583. The molecule has 0 spiro atoms. The summed E-state index contributed by atoms with van der Waals surface area (Å²) in [4.78, 5) is 29.6. The summed E-state index contributed by atoms with van der Waals surface area (Å²) in [6.07, 6.45) is 2.70. The van der Waals surface area contributed by atoms with Crippen LogP contribution in [-0.4, -0.2) is 41.5 Å². The van der Waals surface area contributed by atoms with Crippen LogP contribution in [0.15, 0.2) is 5.38 Å². The van der Waals surface area contributed by atoms with Crippen LogP contribution in [0.25, 0.3) is 0 Å². The van der Waals surface area contributed by atoms with Crippen molar-refractivity contribution < 1.29 is 14.3 Å². The van der Waals surface area contributed by atoms with Crippen molar-refractivity contribution in [2.24, 2.45) is 0 Å². The topological polar surface area (TPSA) is 85.5 Å². The fourth-order valence-electron chi connectivity index (χ4n) is 2.27. The lowest BCUT2D eigenvalue weighted by atomic mass is 10.0. The lowest BCUT2D eigenvalue weighted by Gasteiger charge is -2.33. The molecule has 0 aliphatic carbocycles. The van der Waals surface area contributed by atoms with Gasteiger partial charge in [0.15, 0.2) is 5.13 Å². The van der Waals surface area contributed by atoms with Crippen LogP contribution in [0, 0.1) is 0 Å². The van der Waals surface area contributed by atoms with Gasteiger partial charge in [-0.1, -0.05) is 0 Å². The van der Waals surface area contributed by atoms with Crippen LogP contribution in [0.4, 0.5) is 5.13 Å². The van der Waals surface area contributed by atoms with Gasteiger partial charge >= 0.3 is 5.97 Å². The van der Waals surface area contributed by atoms with Gasteiger partial charge in [-0.25, -0.2) is 9.78 Å². The van der Waals surface area contributed by atoms with Crippen LogP contribution in [0.5, 0.6) is 0 Å². The van der Waals surface area contributed by atoms with Crippen molar-refractivity contribution in [3.05, 3.63) is 11.1 Å². The summed E-state index contributed by atoms with van der Waals surface area (Å²) < 4.78 is 4.76. The Balaban J connectivity index is 2.05. The van der Waals surface area contributed by atoms with Gasteiger partial charge in [-0.05, 0) is 19.3 Å². The number of likely N-dealkylation sites (tertiary alicyclic amines) is 1. The number of nitrogens with two attached hydrogens (primary N) is 1. The average Bonchev–Trinajstić information content (AvgIpc) is 2.83. The number of carbonyl (C=O) groups excluding carboxylic acids is 2. The zero-order chi connectivity index (χ0) is 13.8. The second kappa shape index (κ2) is 6.01. The molecule has 0 saturated carbocycles. The molecule has 1 aliphatic heterocycles. The van der Waals surface area contributed by atoms with Crippen molar-refractivity contribution in [2.75, 3.05) is 19.4 Å². The highest BCUT2D eigenvalue weighted by molar-refractivity contribution is 7.13. The number of nitrogen functional groups attached to an aromatic ring is 1. The second-order valence-electron chi connectivity index (χ2n) is 4.48. The van der Waals surface area contributed by atoms with E-state index in [1.807, 2.05) is 0 Å². The van der Waals surface area contributed by atoms with Crippen LogP contribution < -0.4 is 5.73 Å². The van der Waals surface area contributed by atoms with E-state index in [1.165, 1.54) is 18.4 Å². The SMILES string of the molecule is COC(=O)C1CCCCN1C(=O)Cc1csc(N)n1. The zero-order valence-electron chi connectivity index (χ0n) is 10.8. The Labute approximate surface area is 115 Å². The molecule has 6 nitrogen and oxygen atoms in total. The Bertz CT molecular complexity index is 475. The number of hydrogen-bond donors (Lipinski definition) is 1. The Morgan fingerprint density at radius 1 is 1.58 bits per heavy atom. The molecule has 1 aromatic rings. The smallest absolute Gasteiger partial charge is 0.328 e. The molecule has 1 amide bonds. The lowest BCUT2D eigenvalue weighted by molar-refractivity contribution is -0.154. The van der Waals surface area contributed by atoms with E-state index in [1.54, 1.807) is 10.3 Å². The molecule has 1 fully saturated rings. The van der Waals surface area contributed by atoms with Gasteiger partial charge in [-0.15, -0.1) is 11.3 Å². The molecule has 0 bridgehead atoms. The summed E-state index contributed by atoms with van der Waals surface area (Å²) in [6, 6.07) is -0.456. The summed E-state index contributed by atoms with van der Waals surface area (Å²) in [7, 11) is 1.35. The first-order valence-electron chi connectivity index (χ1n) is 6.19. The molecule has 104 valence electrons.